The van der Waals surface area contributed by atoms with Crippen molar-refractivity contribution in [3.05, 3.63) is 28.8 Å². The van der Waals surface area contributed by atoms with Gasteiger partial charge in [-0.25, -0.2) is 0 Å². The Morgan fingerprint density at radius 3 is 2.61 bits per heavy atom. The maximum absolute atomic E-state index is 11.0. The second-order valence-corrected chi connectivity index (χ2v) is 5.58. The molecule has 0 spiro atoms. The van der Waals surface area contributed by atoms with Gasteiger partial charge in [-0.15, -0.1) is 0 Å². The lowest BCUT2D eigenvalue weighted by Gasteiger charge is -2.26. The fraction of sp³-hybridized carbons (Fsp3) is 0.533. The third kappa shape index (κ3) is 2.22. The molecule has 18 heavy (non-hydrogen) atoms. The van der Waals surface area contributed by atoms with Gasteiger partial charge in [-0.2, -0.15) is 0 Å². The summed E-state index contributed by atoms with van der Waals surface area (Å²) in [5, 5.41) is 9.04. The minimum absolute atomic E-state index is 0.159. The molecule has 1 N–H and O–H groups in total. The Morgan fingerprint density at radius 2 is 2.00 bits per heavy atom. The molecule has 3 heteroatoms. The summed E-state index contributed by atoms with van der Waals surface area (Å²) >= 11 is 0. The number of aliphatic carboxylic acids is 1. The first-order valence-corrected chi connectivity index (χ1v) is 6.37. The first-order valence-electron chi connectivity index (χ1n) is 6.37. The first-order chi connectivity index (χ1) is 8.45. The van der Waals surface area contributed by atoms with Crippen LogP contribution >= 0.6 is 0 Å². The molecule has 1 aliphatic rings. The minimum Gasteiger partial charge on any atom is -0.496 e. The average molecular weight is 248 g/mol. The third-order valence-corrected chi connectivity index (χ3v) is 3.78. The molecule has 2 rings (SSSR count). The zero-order valence-corrected chi connectivity index (χ0v) is 11.2. The highest BCUT2D eigenvalue weighted by Gasteiger charge is 2.30. The van der Waals surface area contributed by atoms with Crippen LogP contribution in [0.25, 0.3) is 0 Å². The monoisotopic (exact) mass is 248 g/mol. The number of carboxylic acid groups (broad SMARTS) is 1. The minimum atomic E-state index is -0.748. The predicted octanol–water partition coefficient (Wildman–Crippen LogP) is 2.94. The lowest BCUT2D eigenvalue weighted by Crippen LogP contribution is -2.23. The number of hydrogen-bond acceptors (Lipinski definition) is 2. The second-order valence-electron chi connectivity index (χ2n) is 5.58. The van der Waals surface area contributed by atoms with Crippen molar-refractivity contribution in [2.24, 2.45) is 0 Å². The summed E-state index contributed by atoms with van der Waals surface area (Å²) in [6.07, 6.45) is 3.36. The molecule has 0 saturated heterocycles. The smallest absolute Gasteiger partial charge is 0.304 e. The van der Waals surface area contributed by atoms with Crippen molar-refractivity contribution in [3.63, 3.8) is 0 Å². The van der Waals surface area contributed by atoms with Gasteiger partial charge < -0.3 is 9.84 Å². The van der Waals surface area contributed by atoms with Gasteiger partial charge in [-0.1, -0.05) is 19.9 Å². The number of benzene rings is 1. The van der Waals surface area contributed by atoms with Gasteiger partial charge in [-0.3, -0.25) is 4.79 Å². The fourth-order valence-electron chi connectivity index (χ4n) is 2.97. The first kappa shape index (κ1) is 12.9. The van der Waals surface area contributed by atoms with Crippen molar-refractivity contribution in [3.8, 4) is 5.75 Å². The van der Waals surface area contributed by atoms with Gasteiger partial charge in [0.2, 0.25) is 0 Å². The third-order valence-electron chi connectivity index (χ3n) is 3.78. The highest BCUT2D eigenvalue weighted by atomic mass is 16.5. The molecule has 0 aliphatic heterocycles. The van der Waals surface area contributed by atoms with Crippen molar-refractivity contribution in [2.75, 3.05) is 7.11 Å². The van der Waals surface area contributed by atoms with E-state index >= 15 is 0 Å². The van der Waals surface area contributed by atoms with E-state index in [1.165, 1.54) is 16.7 Å². The van der Waals surface area contributed by atoms with E-state index in [1.807, 2.05) is 26.0 Å². The molecule has 1 aromatic carbocycles. The van der Waals surface area contributed by atoms with Crippen LogP contribution in [0.1, 0.15) is 43.4 Å². The Morgan fingerprint density at radius 1 is 1.33 bits per heavy atom. The van der Waals surface area contributed by atoms with Crippen LogP contribution in [0.3, 0.4) is 0 Å². The molecule has 1 aromatic rings. The zero-order chi connectivity index (χ0) is 13.3. The average Bonchev–Trinajstić information content (AvgIpc) is 2.74. The number of ether oxygens (including phenoxy) is 1. The van der Waals surface area contributed by atoms with Crippen LogP contribution in [0.4, 0.5) is 0 Å². The topological polar surface area (TPSA) is 46.5 Å². The van der Waals surface area contributed by atoms with Crippen molar-refractivity contribution >= 4 is 5.97 Å². The van der Waals surface area contributed by atoms with Crippen LogP contribution in [-0.2, 0) is 23.1 Å². The van der Waals surface area contributed by atoms with Crippen molar-refractivity contribution in [1.82, 2.24) is 0 Å². The van der Waals surface area contributed by atoms with Gasteiger partial charge >= 0.3 is 5.97 Å². The molecule has 1 aliphatic carbocycles. The lowest BCUT2D eigenvalue weighted by molar-refractivity contribution is -0.138. The summed E-state index contributed by atoms with van der Waals surface area (Å²) in [4.78, 5) is 11.0. The molecule has 0 fully saturated rings. The maximum Gasteiger partial charge on any atom is 0.304 e. The summed E-state index contributed by atoms with van der Waals surface area (Å²) in [6.45, 7) is 4.00. The second kappa shape index (κ2) is 4.63. The van der Waals surface area contributed by atoms with Crippen LogP contribution in [-0.4, -0.2) is 18.2 Å². The van der Waals surface area contributed by atoms with E-state index in [9.17, 15) is 4.79 Å². The molecule has 0 radical (unpaired) electrons. The van der Waals surface area contributed by atoms with Crippen molar-refractivity contribution < 1.29 is 14.6 Å². The molecular weight excluding hydrogens is 228 g/mol. The Kier molecular flexibility index (Phi) is 3.33. The quantitative estimate of drug-likeness (QED) is 0.891. The van der Waals surface area contributed by atoms with Crippen molar-refractivity contribution in [1.29, 1.82) is 0 Å². The van der Waals surface area contributed by atoms with E-state index in [-0.39, 0.29) is 11.8 Å². The number of hydrogen-bond donors (Lipinski definition) is 1. The Labute approximate surface area is 108 Å². The highest BCUT2D eigenvalue weighted by Crippen LogP contribution is 2.39. The zero-order valence-electron chi connectivity index (χ0n) is 11.2. The molecule has 0 unspecified atom stereocenters. The standard InChI is InChI=1S/C15H20O3/c1-15(2,9-14(16)17)12-7-8-13(18-3)11-6-4-5-10(11)12/h7-8H,4-6,9H2,1-3H3,(H,16,17). The molecule has 0 bridgehead atoms. The summed E-state index contributed by atoms with van der Waals surface area (Å²) in [5.74, 6) is 0.194. The van der Waals surface area contributed by atoms with E-state index in [4.69, 9.17) is 9.84 Å². The van der Waals surface area contributed by atoms with Crippen LogP contribution in [0.5, 0.6) is 5.75 Å². The molecule has 0 amide bonds. The maximum atomic E-state index is 11.0. The van der Waals surface area contributed by atoms with E-state index in [0.29, 0.717) is 0 Å². The SMILES string of the molecule is COc1ccc(C(C)(C)CC(=O)O)c2c1CCC2. The molecule has 98 valence electrons. The molecular formula is C15H20O3. The number of carbonyl (C=O) groups is 1. The van der Waals surface area contributed by atoms with Gasteiger partial charge in [-0.05, 0) is 42.0 Å². The number of methoxy groups -OCH3 is 1. The molecule has 0 aromatic heterocycles. The van der Waals surface area contributed by atoms with Gasteiger partial charge in [0.15, 0.2) is 0 Å². The fourth-order valence-corrected chi connectivity index (χ4v) is 2.97. The summed E-state index contributed by atoms with van der Waals surface area (Å²) in [5.41, 5.74) is 3.42. The largest absolute Gasteiger partial charge is 0.496 e. The molecule has 0 heterocycles. The highest BCUT2D eigenvalue weighted by molar-refractivity contribution is 5.69. The Hall–Kier alpha value is -1.51. The van der Waals surface area contributed by atoms with Crippen LogP contribution in [0, 0.1) is 0 Å². The molecule has 0 saturated carbocycles. The van der Waals surface area contributed by atoms with Gasteiger partial charge in [0, 0.05) is 5.41 Å². The Balaban J connectivity index is 2.47. The van der Waals surface area contributed by atoms with E-state index in [2.05, 4.69) is 0 Å². The van der Waals surface area contributed by atoms with Crippen molar-refractivity contribution in [2.45, 2.75) is 44.9 Å². The summed E-state index contributed by atoms with van der Waals surface area (Å²) < 4.78 is 5.39. The van der Waals surface area contributed by atoms with Crippen LogP contribution in [0.15, 0.2) is 12.1 Å². The van der Waals surface area contributed by atoms with Crippen LogP contribution in [0.2, 0.25) is 0 Å². The van der Waals surface area contributed by atoms with E-state index in [0.717, 1.165) is 25.0 Å². The normalized spacial score (nSPS) is 14.4. The summed E-state index contributed by atoms with van der Waals surface area (Å²) in [7, 11) is 1.69. The number of carboxylic acids is 1. The van der Waals surface area contributed by atoms with Crippen LogP contribution < -0.4 is 4.74 Å². The number of fused-ring (bicyclic) bond motifs is 1. The van der Waals surface area contributed by atoms with Gasteiger partial charge in [0.05, 0.1) is 13.5 Å². The predicted molar refractivity (Wildman–Crippen MR) is 70.3 cm³/mol. The lowest BCUT2D eigenvalue weighted by atomic mass is 9.78. The Bertz CT molecular complexity index is 475. The van der Waals surface area contributed by atoms with E-state index in [1.54, 1.807) is 7.11 Å². The van der Waals surface area contributed by atoms with Gasteiger partial charge in [0.25, 0.3) is 0 Å². The van der Waals surface area contributed by atoms with E-state index < -0.39 is 5.97 Å². The van der Waals surface area contributed by atoms with Gasteiger partial charge in [0.1, 0.15) is 5.75 Å². The molecule has 3 nitrogen and oxygen atoms in total. The summed E-state index contributed by atoms with van der Waals surface area (Å²) in [6, 6.07) is 4.01. The number of rotatable bonds is 4. The molecule has 0 atom stereocenters.